The highest BCUT2D eigenvalue weighted by Crippen LogP contribution is 2.23. The number of rotatable bonds is 11. The van der Waals surface area contributed by atoms with E-state index in [0.29, 0.717) is 19.5 Å². The minimum atomic E-state index is -0.739. The molecule has 5 nitrogen and oxygen atoms in total. The Hall–Kier alpha value is -2.14. The SMILES string of the molecule is CCCNC(=O)C(C/C(=C/C(C)(C)NC)C(C)C)C(=O)NCc1ccccc1.[HH].[HH]. The molecule has 0 saturated heterocycles. The Morgan fingerprint density at radius 3 is 2.25 bits per heavy atom. The predicted octanol–water partition coefficient (Wildman–Crippen LogP) is 3.91. The Bertz CT molecular complexity index is 662. The normalized spacial score (nSPS) is 13.3. The second kappa shape index (κ2) is 11.6. The number of hydrogen-bond donors (Lipinski definition) is 3. The third kappa shape index (κ3) is 8.26. The Kier molecular flexibility index (Phi) is 9.94. The minimum Gasteiger partial charge on any atom is -0.355 e. The molecule has 3 N–H and O–H groups in total. The van der Waals surface area contributed by atoms with Gasteiger partial charge in [-0.3, -0.25) is 9.59 Å². The molecule has 1 unspecified atom stereocenters. The lowest BCUT2D eigenvalue weighted by molar-refractivity contribution is -0.135. The molecule has 1 rings (SSSR count). The summed E-state index contributed by atoms with van der Waals surface area (Å²) in [6.45, 7) is 11.3. The minimum absolute atomic E-state index is 0. The molecule has 0 bridgehead atoms. The van der Waals surface area contributed by atoms with E-state index in [9.17, 15) is 9.59 Å². The number of likely N-dealkylation sites (N-methyl/N-ethyl adjacent to an activating group) is 1. The lowest BCUT2D eigenvalue weighted by Crippen LogP contribution is -2.42. The lowest BCUT2D eigenvalue weighted by Gasteiger charge is -2.25. The van der Waals surface area contributed by atoms with Crippen molar-refractivity contribution in [1.29, 1.82) is 0 Å². The molecule has 0 aromatic heterocycles. The van der Waals surface area contributed by atoms with Crippen LogP contribution in [0, 0.1) is 11.8 Å². The molecule has 0 aliphatic carbocycles. The first kappa shape index (κ1) is 23.9. The van der Waals surface area contributed by atoms with Crippen molar-refractivity contribution in [1.82, 2.24) is 16.0 Å². The fourth-order valence-corrected chi connectivity index (χ4v) is 2.82. The molecule has 28 heavy (non-hydrogen) atoms. The quantitative estimate of drug-likeness (QED) is 0.396. The highest BCUT2D eigenvalue weighted by Gasteiger charge is 2.29. The highest BCUT2D eigenvalue weighted by atomic mass is 16.2. The van der Waals surface area contributed by atoms with Crippen LogP contribution in [-0.4, -0.2) is 30.9 Å². The van der Waals surface area contributed by atoms with Gasteiger partial charge in [0.1, 0.15) is 5.92 Å². The van der Waals surface area contributed by atoms with Crippen LogP contribution in [0.5, 0.6) is 0 Å². The summed E-state index contributed by atoms with van der Waals surface area (Å²) in [7, 11) is 1.91. The molecule has 0 heterocycles. The zero-order valence-electron chi connectivity index (χ0n) is 18.3. The number of nitrogens with one attached hydrogen (secondary N) is 3. The average Bonchev–Trinajstić information content (AvgIpc) is 2.67. The molecule has 0 aliphatic heterocycles. The Labute approximate surface area is 173 Å². The molecule has 0 radical (unpaired) electrons. The van der Waals surface area contributed by atoms with Crippen LogP contribution in [0.15, 0.2) is 42.0 Å². The van der Waals surface area contributed by atoms with Gasteiger partial charge < -0.3 is 16.0 Å². The van der Waals surface area contributed by atoms with Crippen LogP contribution in [-0.2, 0) is 16.1 Å². The van der Waals surface area contributed by atoms with Gasteiger partial charge in [0.05, 0.1) is 0 Å². The van der Waals surface area contributed by atoms with Crippen LogP contribution >= 0.6 is 0 Å². The molecule has 1 atom stereocenters. The maximum absolute atomic E-state index is 12.9. The summed E-state index contributed by atoms with van der Waals surface area (Å²) in [5.41, 5.74) is 1.91. The van der Waals surface area contributed by atoms with Crippen molar-refractivity contribution in [2.24, 2.45) is 11.8 Å². The van der Waals surface area contributed by atoms with Gasteiger partial charge >= 0.3 is 0 Å². The van der Waals surface area contributed by atoms with Crippen molar-refractivity contribution in [2.75, 3.05) is 13.6 Å². The Balaban J connectivity index is 0. The van der Waals surface area contributed by atoms with Gasteiger partial charge in [-0.1, -0.05) is 62.8 Å². The van der Waals surface area contributed by atoms with E-state index in [2.05, 4.69) is 49.7 Å². The molecular formula is C23H41N3O2. The van der Waals surface area contributed by atoms with E-state index < -0.39 is 5.92 Å². The van der Waals surface area contributed by atoms with Crippen LogP contribution in [0.2, 0.25) is 0 Å². The first-order valence-corrected chi connectivity index (χ1v) is 10.2. The summed E-state index contributed by atoms with van der Waals surface area (Å²) in [6.07, 6.45) is 3.39. The summed E-state index contributed by atoms with van der Waals surface area (Å²) in [5.74, 6) is -0.930. The third-order valence-corrected chi connectivity index (χ3v) is 4.86. The summed E-state index contributed by atoms with van der Waals surface area (Å²) >= 11 is 0. The number of amides is 2. The van der Waals surface area contributed by atoms with Gasteiger partial charge in [-0.05, 0) is 45.2 Å². The lowest BCUT2D eigenvalue weighted by atomic mass is 9.87. The molecule has 1 aromatic carbocycles. The highest BCUT2D eigenvalue weighted by molar-refractivity contribution is 6.00. The zero-order chi connectivity index (χ0) is 21.2. The van der Waals surface area contributed by atoms with Crippen LogP contribution < -0.4 is 16.0 Å². The number of benzene rings is 1. The predicted molar refractivity (Wildman–Crippen MR) is 120 cm³/mol. The van der Waals surface area contributed by atoms with E-state index >= 15 is 0 Å². The summed E-state index contributed by atoms with van der Waals surface area (Å²) in [6, 6.07) is 9.73. The molecule has 5 heteroatoms. The van der Waals surface area contributed by atoms with E-state index in [0.717, 1.165) is 17.6 Å². The summed E-state index contributed by atoms with van der Waals surface area (Å²) in [5, 5.41) is 9.09. The maximum atomic E-state index is 12.9. The number of carbonyl (C=O) groups excluding carboxylic acids is 2. The van der Waals surface area contributed by atoms with Gasteiger partial charge in [-0.2, -0.15) is 0 Å². The molecule has 160 valence electrons. The smallest absolute Gasteiger partial charge is 0.233 e. The van der Waals surface area contributed by atoms with Crippen molar-refractivity contribution < 1.29 is 12.4 Å². The third-order valence-electron chi connectivity index (χ3n) is 4.86. The number of carbonyl (C=O) groups is 2. The van der Waals surface area contributed by atoms with Gasteiger partial charge in [0.25, 0.3) is 0 Å². The molecule has 0 aliphatic rings. The Morgan fingerprint density at radius 2 is 1.71 bits per heavy atom. The molecule has 0 spiro atoms. The second-order valence-corrected chi connectivity index (χ2v) is 8.10. The Morgan fingerprint density at radius 1 is 1.11 bits per heavy atom. The van der Waals surface area contributed by atoms with E-state index in [4.69, 9.17) is 0 Å². The molecule has 2 amide bonds. The van der Waals surface area contributed by atoms with Crippen LogP contribution in [0.4, 0.5) is 0 Å². The van der Waals surface area contributed by atoms with Crippen molar-refractivity contribution in [3.05, 3.63) is 47.5 Å². The summed E-state index contributed by atoms with van der Waals surface area (Å²) in [4.78, 5) is 25.6. The van der Waals surface area contributed by atoms with Crippen molar-refractivity contribution in [2.45, 2.75) is 59.5 Å². The van der Waals surface area contributed by atoms with E-state index in [1.54, 1.807) is 0 Å². The van der Waals surface area contributed by atoms with Gasteiger partial charge in [-0.15, -0.1) is 0 Å². The standard InChI is InChI=1S/C23H37N3O2.2H2/c1-7-13-25-21(27)20(14-19(17(2)3)15-23(4,5)24-6)22(28)26-16-18-11-9-8-10-12-18;;/h8-12,15,17,20,24H,7,13-14,16H2,1-6H3,(H,25,27)(H,26,28);2*1H/b19-15-;;. The molecule has 0 saturated carbocycles. The molecule has 1 aromatic rings. The molecule has 0 fully saturated rings. The topological polar surface area (TPSA) is 70.2 Å². The van der Waals surface area contributed by atoms with Gasteiger partial charge in [0.15, 0.2) is 0 Å². The van der Waals surface area contributed by atoms with Crippen LogP contribution in [0.1, 0.15) is 55.9 Å². The molecular weight excluding hydrogens is 350 g/mol. The van der Waals surface area contributed by atoms with Gasteiger partial charge in [-0.25, -0.2) is 0 Å². The monoisotopic (exact) mass is 391 g/mol. The fraction of sp³-hybridized carbons (Fsp3) is 0.565. The average molecular weight is 392 g/mol. The van der Waals surface area contributed by atoms with Crippen molar-refractivity contribution >= 4 is 11.8 Å². The van der Waals surface area contributed by atoms with E-state index in [-0.39, 0.29) is 26.1 Å². The zero-order valence-corrected chi connectivity index (χ0v) is 18.3. The van der Waals surface area contributed by atoms with Gasteiger partial charge in [0, 0.05) is 21.5 Å². The first-order chi connectivity index (χ1) is 13.2. The van der Waals surface area contributed by atoms with Crippen LogP contribution in [0.3, 0.4) is 0 Å². The van der Waals surface area contributed by atoms with E-state index in [1.165, 1.54) is 0 Å². The van der Waals surface area contributed by atoms with Gasteiger partial charge in [0.2, 0.25) is 11.8 Å². The van der Waals surface area contributed by atoms with Crippen LogP contribution in [0.25, 0.3) is 0 Å². The number of hydrogen-bond acceptors (Lipinski definition) is 3. The van der Waals surface area contributed by atoms with Crippen molar-refractivity contribution in [3.8, 4) is 0 Å². The maximum Gasteiger partial charge on any atom is 0.233 e. The number of allylic oxidation sites excluding steroid dienone is 1. The van der Waals surface area contributed by atoms with E-state index in [1.807, 2.05) is 44.3 Å². The fourth-order valence-electron chi connectivity index (χ4n) is 2.82. The second-order valence-electron chi connectivity index (χ2n) is 8.10. The summed E-state index contributed by atoms with van der Waals surface area (Å²) < 4.78 is 0. The first-order valence-electron chi connectivity index (χ1n) is 10.2. The largest absolute Gasteiger partial charge is 0.355 e. The van der Waals surface area contributed by atoms with Crippen molar-refractivity contribution in [3.63, 3.8) is 0 Å².